The zero-order valence-corrected chi connectivity index (χ0v) is 4.60. The number of rotatable bonds is 0. The Balaban J connectivity index is 2.67. The van der Waals surface area contributed by atoms with E-state index in [1.54, 1.807) is 0 Å². The number of halogens is 1. The van der Waals surface area contributed by atoms with Gasteiger partial charge in [-0.15, -0.1) is 0 Å². The highest BCUT2D eigenvalue weighted by Gasteiger charge is 2.17. The van der Waals surface area contributed by atoms with E-state index in [2.05, 4.69) is 10.3 Å². The fraction of sp³-hybridized carbons (Fsp3) is 0.500. The molecule has 3 N–H and O–H groups in total. The van der Waals surface area contributed by atoms with Gasteiger partial charge < -0.3 is 5.73 Å². The van der Waals surface area contributed by atoms with Crippen LogP contribution in [0.4, 0.5) is 4.39 Å². The lowest BCUT2D eigenvalue weighted by atomic mass is 10.3. The molecule has 0 saturated heterocycles. The predicted molar refractivity (Wildman–Crippen MR) is 29.3 cm³/mol. The van der Waals surface area contributed by atoms with Crippen LogP contribution in [-0.4, -0.2) is 18.2 Å². The average Bonchev–Trinajstić information content (AvgIpc) is 1.59. The van der Waals surface area contributed by atoms with E-state index in [1.165, 1.54) is 0 Å². The first-order valence-corrected chi connectivity index (χ1v) is 2.45. The van der Waals surface area contributed by atoms with Crippen LogP contribution in [0.25, 0.3) is 0 Å². The maximum atomic E-state index is 12.2. The molecule has 5 heteroatoms. The van der Waals surface area contributed by atoms with E-state index < -0.39 is 12.2 Å². The smallest absolute Gasteiger partial charge is 0.231 e. The van der Waals surface area contributed by atoms with E-state index in [1.807, 2.05) is 0 Å². The molecule has 0 aliphatic carbocycles. The third-order valence-electron chi connectivity index (χ3n) is 0.900. The molecule has 1 aliphatic rings. The van der Waals surface area contributed by atoms with E-state index in [4.69, 9.17) is 5.73 Å². The third-order valence-corrected chi connectivity index (χ3v) is 0.900. The molecule has 1 amide bonds. The van der Waals surface area contributed by atoms with Crippen LogP contribution >= 0.6 is 0 Å². The Bertz CT molecular complexity index is 167. The second kappa shape index (κ2) is 2.00. The number of nitrogens with one attached hydrogen (secondary N) is 1. The molecule has 0 bridgehead atoms. The van der Waals surface area contributed by atoms with Crippen LogP contribution in [0.5, 0.6) is 0 Å². The average molecular weight is 131 g/mol. The normalized spacial score (nSPS) is 27.0. The van der Waals surface area contributed by atoms with E-state index in [0.29, 0.717) is 0 Å². The second-order valence-corrected chi connectivity index (χ2v) is 1.70. The van der Waals surface area contributed by atoms with Gasteiger partial charge >= 0.3 is 0 Å². The standard InChI is InChI=1S/C4H6FN3O/c5-2-1-3(9)8-4(6)7-2/h2H,1H2,(H3,6,7,8,9). The number of nitrogens with zero attached hydrogens (tertiary/aromatic N) is 1. The number of carbonyl (C=O) groups excluding carboxylic acids is 1. The van der Waals surface area contributed by atoms with Gasteiger partial charge in [0.2, 0.25) is 12.2 Å². The number of amides is 1. The molecule has 1 aliphatic heterocycles. The summed E-state index contributed by atoms with van der Waals surface area (Å²) in [5.74, 6) is -0.561. The number of nitrogens with two attached hydrogens (primary N) is 1. The number of carbonyl (C=O) groups is 1. The molecule has 0 aromatic rings. The molecule has 1 heterocycles. The largest absolute Gasteiger partial charge is 0.370 e. The van der Waals surface area contributed by atoms with Crippen LogP contribution in [0.3, 0.4) is 0 Å². The summed E-state index contributed by atoms with van der Waals surface area (Å²) >= 11 is 0. The summed E-state index contributed by atoms with van der Waals surface area (Å²) < 4.78 is 12.2. The number of aliphatic imine (C=N–C) groups is 1. The highest BCUT2D eigenvalue weighted by Crippen LogP contribution is 2.02. The number of guanidine groups is 1. The van der Waals surface area contributed by atoms with Gasteiger partial charge in [0.15, 0.2) is 5.96 Å². The molecule has 0 radical (unpaired) electrons. The zero-order chi connectivity index (χ0) is 6.85. The Hall–Kier alpha value is -1.13. The Kier molecular flexibility index (Phi) is 1.33. The van der Waals surface area contributed by atoms with Gasteiger partial charge in [-0.1, -0.05) is 0 Å². The maximum absolute atomic E-state index is 12.2. The van der Waals surface area contributed by atoms with Crippen LogP contribution in [0.15, 0.2) is 4.99 Å². The molecular weight excluding hydrogens is 125 g/mol. The molecule has 0 fully saturated rings. The number of hydrogen-bond donors (Lipinski definition) is 2. The summed E-state index contributed by atoms with van der Waals surface area (Å²) in [6.07, 6.45) is -1.68. The Morgan fingerprint density at radius 3 is 3.00 bits per heavy atom. The highest BCUT2D eigenvalue weighted by atomic mass is 19.1. The quantitative estimate of drug-likeness (QED) is 0.419. The van der Waals surface area contributed by atoms with Gasteiger partial charge in [-0.05, 0) is 0 Å². The predicted octanol–water partition coefficient (Wildman–Crippen LogP) is -0.883. The molecule has 1 atom stereocenters. The topological polar surface area (TPSA) is 67.5 Å². The van der Waals surface area contributed by atoms with Crippen molar-refractivity contribution in [2.24, 2.45) is 10.7 Å². The van der Waals surface area contributed by atoms with Gasteiger partial charge in [0, 0.05) is 0 Å². The highest BCUT2D eigenvalue weighted by molar-refractivity contribution is 5.98. The third kappa shape index (κ3) is 1.38. The van der Waals surface area contributed by atoms with Crippen molar-refractivity contribution in [1.29, 1.82) is 0 Å². The molecule has 9 heavy (non-hydrogen) atoms. The molecule has 0 aromatic carbocycles. The van der Waals surface area contributed by atoms with Gasteiger partial charge in [-0.2, -0.15) is 0 Å². The van der Waals surface area contributed by atoms with Crippen molar-refractivity contribution in [3.8, 4) is 0 Å². The van der Waals surface area contributed by atoms with Crippen molar-refractivity contribution >= 4 is 11.9 Å². The van der Waals surface area contributed by atoms with Gasteiger partial charge in [0.1, 0.15) is 0 Å². The van der Waals surface area contributed by atoms with E-state index >= 15 is 0 Å². The van der Waals surface area contributed by atoms with Crippen molar-refractivity contribution in [2.75, 3.05) is 0 Å². The minimum atomic E-state index is -1.46. The van der Waals surface area contributed by atoms with Crippen LogP contribution in [0.2, 0.25) is 0 Å². The van der Waals surface area contributed by atoms with Crippen LogP contribution in [0, 0.1) is 0 Å². The number of hydrogen-bond acceptors (Lipinski definition) is 3. The van der Waals surface area contributed by atoms with Crippen molar-refractivity contribution in [3.05, 3.63) is 0 Å². The van der Waals surface area contributed by atoms with Crippen LogP contribution in [0.1, 0.15) is 6.42 Å². The fourth-order valence-corrected chi connectivity index (χ4v) is 0.576. The molecule has 1 rings (SSSR count). The fourth-order valence-electron chi connectivity index (χ4n) is 0.576. The lowest BCUT2D eigenvalue weighted by Gasteiger charge is -2.11. The Labute approximate surface area is 50.9 Å². The summed E-state index contributed by atoms with van der Waals surface area (Å²) in [6.45, 7) is 0. The molecule has 50 valence electrons. The van der Waals surface area contributed by atoms with Gasteiger partial charge in [-0.25, -0.2) is 9.38 Å². The van der Waals surface area contributed by atoms with Gasteiger partial charge in [0.05, 0.1) is 6.42 Å². The molecular formula is C4H6FN3O. The summed E-state index contributed by atoms with van der Waals surface area (Å²) in [4.78, 5) is 13.6. The first-order valence-electron chi connectivity index (χ1n) is 2.45. The second-order valence-electron chi connectivity index (χ2n) is 1.70. The summed E-state index contributed by atoms with van der Waals surface area (Å²) in [5.41, 5.74) is 4.99. The molecule has 4 nitrogen and oxygen atoms in total. The monoisotopic (exact) mass is 131 g/mol. The minimum Gasteiger partial charge on any atom is -0.370 e. The van der Waals surface area contributed by atoms with E-state index in [9.17, 15) is 9.18 Å². The van der Waals surface area contributed by atoms with Crippen molar-refractivity contribution < 1.29 is 9.18 Å². The number of alkyl halides is 1. The summed E-state index contributed by atoms with van der Waals surface area (Å²) in [6, 6.07) is 0. The lowest BCUT2D eigenvalue weighted by molar-refractivity contribution is -0.121. The SMILES string of the molecule is NC1=NC(F)CC(=O)N1. The Morgan fingerprint density at radius 2 is 2.56 bits per heavy atom. The van der Waals surface area contributed by atoms with Crippen LogP contribution < -0.4 is 11.1 Å². The minimum absolute atomic E-state index is 0.140. The molecule has 0 saturated carbocycles. The zero-order valence-electron chi connectivity index (χ0n) is 4.60. The van der Waals surface area contributed by atoms with Crippen molar-refractivity contribution in [2.45, 2.75) is 12.7 Å². The first kappa shape index (κ1) is 6.00. The van der Waals surface area contributed by atoms with Gasteiger partial charge in [0.25, 0.3) is 0 Å². The van der Waals surface area contributed by atoms with E-state index in [-0.39, 0.29) is 12.4 Å². The summed E-state index contributed by atoms with van der Waals surface area (Å²) in [7, 11) is 0. The molecule has 0 aromatic heterocycles. The summed E-state index contributed by atoms with van der Waals surface area (Å²) in [5, 5.41) is 2.16. The van der Waals surface area contributed by atoms with E-state index in [0.717, 1.165) is 0 Å². The lowest BCUT2D eigenvalue weighted by Crippen LogP contribution is -2.42. The van der Waals surface area contributed by atoms with Crippen molar-refractivity contribution in [1.82, 2.24) is 5.32 Å². The maximum Gasteiger partial charge on any atom is 0.231 e. The van der Waals surface area contributed by atoms with Crippen LogP contribution in [-0.2, 0) is 4.79 Å². The first-order chi connectivity index (χ1) is 4.18. The van der Waals surface area contributed by atoms with Gasteiger partial charge in [-0.3, -0.25) is 10.1 Å². The Morgan fingerprint density at radius 1 is 1.89 bits per heavy atom. The van der Waals surface area contributed by atoms with Crippen molar-refractivity contribution in [3.63, 3.8) is 0 Å². The molecule has 1 unspecified atom stereocenters. The molecule has 0 spiro atoms.